The lowest BCUT2D eigenvalue weighted by Crippen LogP contribution is -1.93. The monoisotopic (exact) mass is 280 g/mol. The molecule has 6 nitrogen and oxygen atoms in total. The van der Waals surface area contributed by atoms with E-state index >= 15 is 0 Å². The number of aryl methyl sites for hydroxylation is 1. The van der Waals surface area contributed by atoms with Gasteiger partial charge in [0.05, 0.1) is 10.5 Å². The summed E-state index contributed by atoms with van der Waals surface area (Å²) in [4.78, 5) is 10.5. The molecule has 19 heavy (non-hydrogen) atoms. The maximum Gasteiger partial charge on any atom is 0.280 e. The Balaban J connectivity index is 2.59. The van der Waals surface area contributed by atoms with Gasteiger partial charge in [0.25, 0.3) is 5.69 Å². The van der Waals surface area contributed by atoms with Crippen LogP contribution in [0.1, 0.15) is 11.3 Å². The fraction of sp³-hybridized carbons (Fsp3) is 0.0833. The van der Waals surface area contributed by atoms with Crippen molar-refractivity contribution < 1.29 is 14.5 Å². The van der Waals surface area contributed by atoms with E-state index in [-0.39, 0.29) is 22.8 Å². The number of halogens is 1. The number of hydrogen-bond donors (Lipinski definition) is 1. The lowest BCUT2D eigenvalue weighted by Gasteiger charge is -2.03. The van der Waals surface area contributed by atoms with E-state index in [1.807, 2.05) is 0 Å². The van der Waals surface area contributed by atoms with Crippen LogP contribution in [0, 0.1) is 17.0 Å². The van der Waals surface area contributed by atoms with Gasteiger partial charge in [0, 0.05) is 11.1 Å². The highest BCUT2D eigenvalue weighted by Crippen LogP contribution is 2.35. The predicted octanol–water partition coefficient (Wildman–Crippen LogP) is 3.62. The molecule has 98 valence electrons. The average Bonchev–Trinajstić information content (AvgIpc) is 2.81. The molecule has 0 saturated carbocycles. The average molecular weight is 281 g/mol. The lowest BCUT2D eigenvalue weighted by molar-refractivity contribution is -0.384. The van der Waals surface area contributed by atoms with E-state index in [1.54, 1.807) is 13.0 Å². The molecule has 7 heteroatoms. The van der Waals surface area contributed by atoms with Gasteiger partial charge < -0.3 is 9.62 Å². The topological polar surface area (TPSA) is 88.9 Å². The molecule has 0 saturated heterocycles. The highest BCUT2D eigenvalue weighted by molar-refractivity contribution is 6.31. The van der Waals surface area contributed by atoms with Crippen LogP contribution in [0.25, 0.3) is 11.3 Å². The van der Waals surface area contributed by atoms with Gasteiger partial charge in [-0.25, -0.2) is 0 Å². The van der Waals surface area contributed by atoms with Gasteiger partial charge in [-0.3, -0.25) is 10.1 Å². The normalized spacial score (nSPS) is 11.1. The standard InChI is InChI=1S/C12H9ClN2O4/c1-7-4-11(15(17)18)9(5-10(7)13)12-3-2-8(19-12)6-14-16/h2-6,16H,1H3/b14-6+. The van der Waals surface area contributed by atoms with Gasteiger partial charge in [-0.2, -0.15) is 0 Å². The van der Waals surface area contributed by atoms with Crippen molar-refractivity contribution >= 4 is 23.5 Å². The summed E-state index contributed by atoms with van der Waals surface area (Å²) in [5.41, 5.74) is 0.794. The van der Waals surface area contributed by atoms with Crippen molar-refractivity contribution in [1.29, 1.82) is 0 Å². The van der Waals surface area contributed by atoms with E-state index in [4.69, 9.17) is 21.2 Å². The molecule has 1 heterocycles. The number of hydrogen-bond acceptors (Lipinski definition) is 5. The number of nitro groups is 1. The van der Waals surface area contributed by atoms with E-state index in [9.17, 15) is 10.1 Å². The number of nitro benzene ring substituents is 1. The quantitative estimate of drug-likeness (QED) is 0.402. The minimum absolute atomic E-state index is 0.0938. The van der Waals surface area contributed by atoms with E-state index in [0.29, 0.717) is 10.6 Å². The molecule has 0 unspecified atom stereocenters. The molecule has 0 amide bonds. The summed E-state index contributed by atoms with van der Waals surface area (Å²) in [5.74, 6) is 0.562. The molecule has 0 aliphatic rings. The highest BCUT2D eigenvalue weighted by Gasteiger charge is 2.20. The van der Waals surface area contributed by atoms with Crippen LogP contribution in [0.2, 0.25) is 5.02 Å². The van der Waals surface area contributed by atoms with Gasteiger partial charge in [0.15, 0.2) is 0 Å². The predicted molar refractivity (Wildman–Crippen MR) is 69.9 cm³/mol. The van der Waals surface area contributed by atoms with Crippen molar-refractivity contribution in [2.75, 3.05) is 0 Å². The fourth-order valence-corrected chi connectivity index (χ4v) is 1.80. The van der Waals surface area contributed by atoms with Crippen LogP contribution < -0.4 is 0 Å². The third-order valence-electron chi connectivity index (χ3n) is 2.55. The molecular weight excluding hydrogens is 272 g/mol. The molecule has 2 rings (SSSR count). The third-order valence-corrected chi connectivity index (χ3v) is 2.96. The van der Waals surface area contributed by atoms with Crippen molar-refractivity contribution in [1.82, 2.24) is 0 Å². The number of furan rings is 1. The first kappa shape index (κ1) is 13.1. The molecule has 0 bridgehead atoms. The Hall–Kier alpha value is -2.34. The third kappa shape index (κ3) is 2.58. The van der Waals surface area contributed by atoms with Gasteiger partial charge in [-0.05, 0) is 30.7 Å². The molecule has 0 atom stereocenters. The van der Waals surface area contributed by atoms with Crippen LogP contribution >= 0.6 is 11.6 Å². The second-order valence-electron chi connectivity index (χ2n) is 3.82. The number of nitrogens with zero attached hydrogens (tertiary/aromatic N) is 2. The van der Waals surface area contributed by atoms with Crippen molar-refractivity contribution in [3.8, 4) is 11.3 Å². The van der Waals surface area contributed by atoms with E-state index in [0.717, 1.165) is 6.21 Å². The van der Waals surface area contributed by atoms with E-state index in [2.05, 4.69) is 5.16 Å². The van der Waals surface area contributed by atoms with Gasteiger partial charge in [-0.1, -0.05) is 16.8 Å². The highest BCUT2D eigenvalue weighted by atomic mass is 35.5. The Bertz CT molecular complexity index is 664. The summed E-state index contributed by atoms with van der Waals surface area (Å²) < 4.78 is 5.32. The zero-order chi connectivity index (χ0) is 14.0. The summed E-state index contributed by atoms with van der Waals surface area (Å²) in [6.45, 7) is 1.69. The smallest absolute Gasteiger partial charge is 0.280 e. The first-order chi connectivity index (χ1) is 9.02. The van der Waals surface area contributed by atoms with Gasteiger partial charge >= 0.3 is 0 Å². The largest absolute Gasteiger partial charge is 0.455 e. The van der Waals surface area contributed by atoms with Crippen LogP contribution in [0.3, 0.4) is 0 Å². The molecule has 0 spiro atoms. The van der Waals surface area contributed by atoms with Gasteiger partial charge in [0.1, 0.15) is 17.7 Å². The summed E-state index contributed by atoms with van der Waals surface area (Å²) in [6.07, 6.45) is 1.09. The minimum atomic E-state index is -0.499. The summed E-state index contributed by atoms with van der Waals surface area (Å²) in [6, 6.07) is 5.95. The lowest BCUT2D eigenvalue weighted by atomic mass is 10.1. The molecule has 1 aromatic heterocycles. The molecular formula is C12H9ClN2O4. The van der Waals surface area contributed by atoms with Crippen molar-refractivity contribution in [3.63, 3.8) is 0 Å². The fourth-order valence-electron chi connectivity index (χ4n) is 1.64. The summed E-state index contributed by atoms with van der Waals surface area (Å²) in [5, 5.41) is 22.7. The Labute approximate surface area is 113 Å². The Morgan fingerprint density at radius 3 is 2.84 bits per heavy atom. The van der Waals surface area contributed by atoms with Crippen LogP contribution in [0.4, 0.5) is 5.69 Å². The SMILES string of the molecule is Cc1cc([N+](=O)[O-])c(-c2ccc(/C=N/O)o2)cc1Cl. The van der Waals surface area contributed by atoms with Gasteiger partial charge in [0.2, 0.25) is 0 Å². The van der Waals surface area contributed by atoms with Crippen molar-refractivity contribution in [2.45, 2.75) is 6.92 Å². The number of oxime groups is 1. The number of benzene rings is 1. The van der Waals surface area contributed by atoms with E-state index < -0.39 is 4.92 Å². The van der Waals surface area contributed by atoms with E-state index in [1.165, 1.54) is 18.2 Å². The van der Waals surface area contributed by atoms with Crippen LogP contribution in [0.15, 0.2) is 33.8 Å². The molecule has 0 fully saturated rings. The van der Waals surface area contributed by atoms with Gasteiger partial charge in [-0.15, -0.1) is 0 Å². The maximum absolute atomic E-state index is 11.0. The second-order valence-corrected chi connectivity index (χ2v) is 4.23. The molecule has 1 aromatic carbocycles. The number of rotatable bonds is 3. The van der Waals surface area contributed by atoms with Crippen molar-refractivity contribution in [2.24, 2.45) is 5.16 Å². The molecule has 0 aliphatic heterocycles. The van der Waals surface area contributed by atoms with Crippen LogP contribution in [0.5, 0.6) is 0 Å². The minimum Gasteiger partial charge on any atom is -0.455 e. The Kier molecular flexibility index (Phi) is 3.52. The summed E-state index contributed by atoms with van der Waals surface area (Å²) in [7, 11) is 0. The summed E-state index contributed by atoms with van der Waals surface area (Å²) >= 11 is 5.98. The van der Waals surface area contributed by atoms with Crippen LogP contribution in [-0.2, 0) is 0 Å². The van der Waals surface area contributed by atoms with Crippen LogP contribution in [-0.4, -0.2) is 16.3 Å². The maximum atomic E-state index is 11.0. The molecule has 2 aromatic rings. The molecule has 1 N–H and O–H groups in total. The van der Waals surface area contributed by atoms with Crippen molar-refractivity contribution in [3.05, 3.63) is 50.7 Å². The first-order valence-electron chi connectivity index (χ1n) is 5.25. The Morgan fingerprint density at radius 1 is 1.47 bits per heavy atom. The zero-order valence-corrected chi connectivity index (χ0v) is 10.6. The zero-order valence-electron chi connectivity index (χ0n) is 9.83. The molecule has 0 radical (unpaired) electrons. The first-order valence-corrected chi connectivity index (χ1v) is 5.63. The second kappa shape index (κ2) is 5.11. The Morgan fingerprint density at radius 2 is 2.21 bits per heavy atom. The molecule has 0 aliphatic carbocycles.